The number of nitriles is 1. The van der Waals surface area contributed by atoms with Crippen molar-refractivity contribution in [2.24, 2.45) is 10.7 Å². The van der Waals surface area contributed by atoms with E-state index in [1.807, 2.05) is 6.07 Å². The molecule has 170 valence electrons. The summed E-state index contributed by atoms with van der Waals surface area (Å²) in [5, 5.41) is 11.9. The fourth-order valence-corrected chi connectivity index (χ4v) is 4.67. The monoisotopic (exact) mass is 466 g/mol. The zero-order valence-electron chi connectivity index (χ0n) is 18.0. The van der Waals surface area contributed by atoms with Crippen molar-refractivity contribution < 1.29 is 12.8 Å². The van der Waals surface area contributed by atoms with E-state index in [9.17, 15) is 12.8 Å². The molecule has 1 aromatic carbocycles. The van der Waals surface area contributed by atoms with Gasteiger partial charge in [-0.15, -0.1) is 0 Å². The number of benzene rings is 1. The minimum Gasteiger partial charge on any atom is -0.386 e. The Hall–Kier alpha value is -3.58. The molecule has 8 nitrogen and oxygen atoms in total. The van der Waals surface area contributed by atoms with Gasteiger partial charge in [0.15, 0.2) is 15.7 Å². The van der Waals surface area contributed by atoms with Crippen LogP contribution in [0.1, 0.15) is 43.4 Å². The second kappa shape index (κ2) is 9.11. The number of hydrogen-bond donors (Lipinski definition) is 2. The van der Waals surface area contributed by atoms with E-state index in [0.29, 0.717) is 22.6 Å². The molecule has 10 heteroatoms. The number of amidine groups is 1. The Morgan fingerprint density at radius 3 is 2.61 bits per heavy atom. The van der Waals surface area contributed by atoms with E-state index < -0.39 is 26.9 Å². The second-order valence-corrected chi connectivity index (χ2v) is 10.4. The summed E-state index contributed by atoms with van der Waals surface area (Å²) in [4.78, 5) is 12.7. The number of nitrogens with two attached hydrogens (primary N) is 1. The van der Waals surface area contributed by atoms with E-state index in [4.69, 9.17) is 11.0 Å². The Morgan fingerprint density at radius 1 is 1.18 bits per heavy atom. The predicted octanol–water partition coefficient (Wildman–Crippen LogP) is 3.77. The highest BCUT2D eigenvalue weighted by molar-refractivity contribution is 7.92. The zero-order valence-corrected chi connectivity index (χ0v) is 18.8. The van der Waals surface area contributed by atoms with Gasteiger partial charge in [0, 0.05) is 29.0 Å². The largest absolute Gasteiger partial charge is 0.386 e. The Morgan fingerprint density at radius 2 is 1.94 bits per heavy atom. The van der Waals surface area contributed by atoms with E-state index in [1.165, 1.54) is 50.6 Å². The van der Waals surface area contributed by atoms with Crippen LogP contribution < -0.4 is 11.1 Å². The van der Waals surface area contributed by atoms with Crippen LogP contribution in [-0.2, 0) is 9.84 Å². The van der Waals surface area contributed by atoms with Gasteiger partial charge >= 0.3 is 0 Å². The minimum atomic E-state index is -3.52. The lowest BCUT2D eigenvalue weighted by molar-refractivity contribution is 0.567. The molecule has 3 N–H and O–H groups in total. The standard InChI is InChI=1S/C20H17FN6O2S.C3H6/c1-11-19(23)27-17(10-30(11,28)29)15-7-14(2-3-16(15)21)26-20-18-13(4-5-24-20)6-12(8-22)9-25-18;1-2-3-1/h2-7,9,11,17H,10H2,1H3,(H2,23,27)(H,24,26);1-3H2. The summed E-state index contributed by atoms with van der Waals surface area (Å²) in [6.45, 7) is 1.47. The summed E-state index contributed by atoms with van der Waals surface area (Å²) in [5.74, 6) is -0.505. The van der Waals surface area contributed by atoms with Crippen LogP contribution in [0.25, 0.3) is 10.9 Å². The molecule has 5 rings (SSSR count). The molecule has 2 unspecified atom stereocenters. The van der Waals surface area contributed by atoms with Crippen molar-refractivity contribution in [2.45, 2.75) is 37.5 Å². The fourth-order valence-electron chi connectivity index (χ4n) is 3.26. The summed E-state index contributed by atoms with van der Waals surface area (Å²) in [7, 11) is -3.52. The van der Waals surface area contributed by atoms with Crippen LogP contribution in [0, 0.1) is 17.1 Å². The Labute approximate surface area is 191 Å². The highest BCUT2D eigenvalue weighted by atomic mass is 32.2. The van der Waals surface area contributed by atoms with Crippen molar-refractivity contribution in [1.82, 2.24) is 9.97 Å². The van der Waals surface area contributed by atoms with E-state index in [0.717, 1.165) is 5.39 Å². The van der Waals surface area contributed by atoms with Crippen LogP contribution in [0.2, 0.25) is 0 Å². The quantitative estimate of drug-likeness (QED) is 0.600. The lowest BCUT2D eigenvalue weighted by atomic mass is 10.1. The highest BCUT2D eigenvalue weighted by Crippen LogP contribution is 2.31. The molecule has 1 fully saturated rings. The number of pyridine rings is 2. The van der Waals surface area contributed by atoms with Crippen molar-refractivity contribution in [3.05, 3.63) is 59.7 Å². The maximum absolute atomic E-state index is 14.5. The van der Waals surface area contributed by atoms with Crippen molar-refractivity contribution in [1.29, 1.82) is 5.26 Å². The molecule has 3 heterocycles. The third-order valence-electron chi connectivity index (χ3n) is 5.35. The minimum absolute atomic E-state index is 0.0303. The number of anilines is 2. The number of fused-ring (bicyclic) bond motifs is 1. The molecule has 1 aliphatic carbocycles. The topological polar surface area (TPSA) is 134 Å². The van der Waals surface area contributed by atoms with Crippen molar-refractivity contribution in [3.8, 4) is 6.07 Å². The third-order valence-corrected chi connectivity index (χ3v) is 7.45. The first-order valence-electron chi connectivity index (χ1n) is 10.5. The Balaban J connectivity index is 0.000000799. The SMILES string of the molecule is C1CC1.CC1C(N)=NC(c2cc(Nc3nccc4cc(C#N)cnc34)ccc2F)CS1(=O)=O. The number of aliphatic imine (C=N–C) groups is 1. The number of nitrogens with zero attached hydrogens (tertiary/aromatic N) is 4. The van der Waals surface area contributed by atoms with Crippen molar-refractivity contribution in [2.75, 3.05) is 11.1 Å². The molecule has 0 bridgehead atoms. The number of halogens is 1. The third kappa shape index (κ3) is 5.09. The van der Waals surface area contributed by atoms with E-state index in [2.05, 4.69) is 20.3 Å². The molecule has 0 radical (unpaired) electrons. The summed E-state index contributed by atoms with van der Waals surface area (Å²) in [6.07, 6.45) is 7.51. The lowest BCUT2D eigenvalue weighted by Gasteiger charge is -2.24. The molecule has 1 aliphatic heterocycles. The number of sulfone groups is 1. The maximum atomic E-state index is 14.5. The molecule has 2 atom stereocenters. The number of hydrogen-bond acceptors (Lipinski definition) is 8. The van der Waals surface area contributed by atoms with Crippen LogP contribution in [0.15, 0.2) is 47.7 Å². The lowest BCUT2D eigenvalue weighted by Crippen LogP contribution is -2.40. The van der Waals surface area contributed by atoms with Crippen LogP contribution in [0.3, 0.4) is 0 Å². The Bertz CT molecular complexity index is 1380. The Kier molecular flexibility index (Phi) is 6.24. The number of rotatable bonds is 3. The normalized spacial score (nSPS) is 20.7. The van der Waals surface area contributed by atoms with Crippen LogP contribution >= 0.6 is 0 Å². The van der Waals surface area contributed by atoms with Gasteiger partial charge in [-0.25, -0.2) is 17.8 Å². The van der Waals surface area contributed by atoms with Gasteiger partial charge in [0.25, 0.3) is 0 Å². The highest BCUT2D eigenvalue weighted by Gasteiger charge is 2.34. The molecule has 0 spiro atoms. The van der Waals surface area contributed by atoms with Gasteiger partial charge in [-0.05, 0) is 37.3 Å². The predicted molar refractivity (Wildman–Crippen MR) is 125 cm³/mol. The second-order valence-electron chi connectivity index (χ2n) is 8.03. The maximum Gasteiger partial charge on any atom is 0.162 e. The first kappa shape index (κ1) is 22.6. The van der Waals surface area contributed by atoms with Crippen molar-refractivity contribution >= 4 is 38.1 Å². The van der Waals surface area contributed by atoms with E-state index in [1.54, 1.807) is 18.3 Å². The van der Waals surface area contributed by atoms with Gasteiger partial charge in [0.1, 0.15) is 28.5 Å². The molecule has 0 saturated heterocycles. The smallest absolute Gasteiger partial charge is 0.162 e. The van der Waals surface area contributed by atoms with E-state index in [-0.39, 0.29) is 17.2 Å². The van der Waals surface area contributed by atoms with Gasteiger partial charge in [-0.3, -0.25) is 9.98 Å². The average Bonchev–Trinajstić information content (AvgIpc) is 3.68. The molecular formula is C23H23FN6O2S. The van der Waals surface area contributed by atoms with Crippen molar-refractivity contribution in [3.63, 3.8) is 0 Å². The van der Waals surface area contributed by atoms with Gasteiger partial charge in [-0.2, -0.15) is 5.26 Å². The molecular weight excluding hydrogens is 443 g/mol. The summed E-state index contributed by atoms with van der Waals surface area (Å²) < 4.78 is 39.2. The number of aromatic nitrogens is 2. The van der Waals surface area contributed by atoms with Crippen LogP contribution in [0.4, 0.5) is 15.9 Å². The molecule has 3 aromatic rings. The van der Waals surface area contributed by atoms with Gasteiger partial charge in [0.2, 0.25) is 0 Å². The molecule has 2 aliphatic rings. The molecule has 1 saturated carbocycles. The summed E-state index contributed by atoms with van der Waals surface area (Å²) in [5.41, 5.74) is 7.35. The summed E-state index contributed by atoms with van der Waals surface area (Å²) >= 11 is 0. The van der Waals surface area contributed by atoms with Gasteiger partial charge in [-0.1, -0.05) is 19.3 Å². The fraction of sp³-hybridized carbons (Fsp3) is 0.304. The van der Waals surface area contributed by atoms with Crippen LogP contribution in [0.5, 0.6) is 0 Å². The average molecular weight is 467 g/mol. The van der Waals surface area contributed by atoms with Gasteiger partial charge in [0.05, 0.1) is 17.4 Å². The van der Waals surface area contributed by atoms with Gasteiger partial charge < -0.3 is 11.1 Å². The number of nitrogens with one attached hydrogen (secondary N) is 1. The summed E-state index contributed by atoms with van der Waals surface area (Å²) in [6, 6.07) is 8.77. The zero-order chi connectivity index (χ0) is 23.6. The first-order valence-corrected chi connectivity index (χ1v) is 12.3. The van der Waals surface area contributed by atoms with E-state index >= 15 is 0 Å². The van der Waals surface area contributed by atoms with Crippen LogP contribution in [-0.4, -0.2) is 35.2 Å². The molecule has 0 amide bonds. The molecule has 33 heavy (non-hydrogen) atoms. The molecule has 2 aromatic heterocycles. The first-order chi connectivity index (χ1) is 15.8.